The number of aryl methyl sites for hydroxylation is 1. The maximum atomic E-state index is 12.1. The number of hydrogen-bond acceptors (Lipinski definition) is 5. The van der Waals surface area contributed by atoms with Gasteiger partial charge in [-0.15, -0.1) is 23.7 Å². The first-order chi connectivity index (χ1) is 10.7. The molecule has 0 saturated carbocycles. The largest absolute Gasteiger partial charge is 0.354 e. The molecule has 23 heavy (non-hydrogen) atoms. The van der Waals surface area contributed by atoms with Gasteiger partial charge in [-0.05, 0) is 51.6 Å². The standard InChI is InChI=1S/C16H26N4OS.ClH/c1-12-18-9-14(22-12)11-20-7-3-4-13(10-20)8-19-16(21)15-5-2-6-17-15;/h9,13,15,17H,2-8,10-11H2,1H3,(H,19,21);1H. The number of nitrogens with one attached hydrogen (secondary N) is 2. The molecule has 2 N–H and O–H groups in total. The minimum Gasteiger partial charge on any atom is -0.354 e. The maximum Gasteiger partial charge on any atom is 0.237 e. The van der Waals surface area contributed by atoms with Crippen LogP contribution in [0.4, 0.5) is 0 Å². The van der Waals surface area contributed by atoms with Crippen molar-refractivity contribution >= 4 is 29.7 Å². The van der Waals surface area contributed by atoms with Gasteiger partial charge in [0.05, 0.1) is 11.0 Å². The van der Waals surface area contributed by atoms with Crippen molar-refractivity contribution in [3.05, 3.63) is 16.1 Å². The van der Waals surface area contributed by atoms with Crippen LogP contribution in [0.1, 0.15) is 35.6 Å². The SMILES string of the molecule is Cc1ncc(CN2CCCC(CNC(=O)C3CCCN3)C2)s1.Cl. The summed E-state index contributed by atoms with van der Waals surface area (Å²) in [5, 5.41) is 7.54. The monoisotopic (exact) mass is 358 g/mol. The quantitative estimate of drug-likeness (QED) is 0.844. The predicted molar refractivity (Wildman–Crippen MR) is 96.1 cm³/mol. The molecule has 2 fully saturated rings. The zero-order valence-electron chi connectivity index (χ0n) is 13.7. The molecule has 130 valence electrons. The number of hydrogen-bond donors (Lipinski definition) is 2. The lowest BCUT2D eigenvalue weighted by molar-refractivity contribution is -0.123. The van der Waals surface area contributed by atoms with Gasteiger partial charge in [0, 0.05) is 30.7 Å². The molecule has 0 spiro atoms. The van der Waals surface area contributed by atoms with Crippen molar-refractivity contribution in [2.75, 3.05) is 26.2 Å². The number of thiazole rings is 1. The number of likely N-dealkylation sites (tertiary alicyclic amines) is 1. The molecule has 7 heteroatoms. The predicted octanol–water partition coefficient (Wildman–Crippen LogP) is 1.95. The van der Waals surface area contributed by atoms with Crippen LogP contribution in [0.5, 0.6) is 0 Å². The van der Waals surface area contributed by atoms with Crippen molar-refractivity contribution < 1.29 is 4.79 Å². The minimum absolute atomic E-state index is 0. The highest BCUT2D eigenvalue weighted by Gasteiger charge is 2.24. The van der Waals surface area contributed by atoms with Gasteiger partial charge in [0.25, 0.3) is 0 Å². The van der Waals surface area contributed by atoms with Gasteiger partial charge in [0.2, 0.25) is 5.91 Å². The second-order valence-corrected chi connectivity index (χ2v) is 7.80. The lowest BCUT2D eigenvalue weighted by Crippen LogP contribution is -2.45. The summed E-state index contributed by atoms with van der Waals surface area (Å²) < 4.78 is 0. The van der Waals surface area contributed by atoms with Crippen molar-refractivity contribution in [1.82, 2.24) is 20.5 Å². The van der Waals surface area contributed by atoms with Gasteiger partial charge < -0.3 is 10.6 Å². The topological polar surface area (TPSA) is 57.3 Å². The number of nitrogens with zero attached hydrogens (tertiary/aromatic N) is 2. The molecule has 2 saturated heterocycles. The van der Waals surface area contributed by atoms with Crippen molar-refractivity contribution in [2.24, 2.45) is 5.92 Å². The number of carbonyl (C=O) groups excluding carboxylic acids is 1. The fraction of sp³-hybridized carbons (Fsp3) is 0.750. The number of rotatable bonds is 5. The first-order valence-corrected chi connectivity index (χ1v) is 9.17. The van der Waals surface area contributed by atoms with Crippen LogP contribution in [0.2, 0.25) is 0 Å². The van der Waals surface area contributed by atoms with Gasteiger partial charge in [-0.25, -0.2) is 4.98 Å². The van der Waals surface area contributed by atoms with E-state index in [0.29, 0.717) is 5.92 Å². The highest BCUT2D eigenvalue weighted by Crippen LogP contribution is 2.20. The Hall–Kier alpha value is -0.690. The number of aromatic nitrogens is 1. The normalized spacial score (nSPS) is 25.1. The Kier molecular flexibility index (Phi) is 7.27. The van der Waals surface area contributed by atoms with E-state index in [0.717, 1.165) is 50.6 Å². The third-order valence-electron chi connectivity index (χ3n) is 4.59. The van der Waals surface area contributed by atoms with E-state index < -0.39 is 0 Å². The fourth-order valence-electron chi connectivity index (χ4n) is 3.44. The molecule has 0 aliphatic carbocycles. The Labute approximate surface area is 148 Å². The zero-order valence-corrected chi connectivity index (χ0v) is 15.3. The summed E-state index contributed by atoms with van der Waals surface area (Å²) in [7, 11) is 0. The average molecular weight is 359 g/mol. The first-order valence-electron chi connectivity index (χ1n) is 8.35. The van der Waals surface area contributed by atoms with E-state index in [1.54, 1.807) is 11.3 Å². The molecule has 1 amide bonds. The van der Waals surface area contributed by atoms with Crippen LogP contribution >= 0.6 is 23.7 Å². The lowest BCUT2D eigenvalue weighted by Gasteiger charge is -2.32. The van der Waals surface area contributed by atoms with Gasteiger partial charge in [0.1, 0.15) is 0 Å². The highest BCUT2D eigenvalue weighted by atomic mass is 35.5. The number of amides is 1. The maximum absolute atomic E-state index is 12.1. The van der Waals surface area contributed by atoms with Crippen LogP contribution in [0.25, 0.3) is 0 Å². The zero-order chi connectivity index (χ0) is 15.4. The van der Waals surface area contributed by atoms with E-state index in [9.17, 15) is 4.79 Å². The van der Waals surface area contributed by atoms with Gasteiger partial charge in [0.15, 0.2) is 0 Å². The van der Waals surface area contributed by atoms with Crippen molar-refractivity contribution in [3.8, 4) is 0 Å². The highest BCUT2D eigenvalue weighted by molar-refractivity contribution is 7.11. The summed E-state index contributed by atoms with van der Waals surface area (Å²) in [5.41, 5.74) is 0. The van der Waals surface area contributed by atoms with Gasteiger partial charge in [-0.1, -0.05) is 0 Å². The molecule has 2 aliphatic rings. The Morgan fingerprint density at radius 2 is 2.35 bits per heavy atom. The first kappa shape index (κ1) is 18.6. The van der Waals surface area contributed by atoms with E-state index in [1.807, 2.05) is 6.20 Å². The molecule has 2 aliphatic heterocycles. The summed E-state index contributed by atoms with van der Waals surface area (Å²) in [5.74, 6) is 0.765. The summed E-state index contributed by atoms with van der Waals surface area (Å²) in [4.78, 5) is 20.2. The summed E-state index contributed by atoms with van der Waals surface area (Å²) >= 11 is 1.79. The van der Waals surface area contributed by atoms with Crippen LogP contribution in [0.3, 0.4) is 0 Å². The Morgan fingerprint density at radius 1 is 1.48 bits per heavy atom. The molecule has 0 radical (unpaired) electrons. The van der Waals surface area contributed by atoms with E-state index in [4.69, 9.17) is 0 Å². The molecule has 1 aromatic heterocycles. The molecule has 0 bridgehead atoms. The molecule has 1 aromatic rings. The molecule has 2 unspecified atom stereocenters. The molecule has 0 aromatic carbocycles. The van der Waals surface area contributed by atoms with Gasteiger partial charge >= 0.3 is 0 Å². The fourth-order valence-corrected chi connectivity index (χ4v) is 4.27. The molecule has 3 rings (SSSR count). The second kappa shape index (κ2) is 8.97. The van der Waals surface area contributed by atoms with E-state index in [2.05, 4.69) is 27.4 Å². The van der Waals surface area contributed by atoms with Gasteiger partial charge in [-0.2, -0.15) is 0 Å². The lowest BCUT2D eigenvalue weighted by atomic mass is 9.98. The van der Waals surface area contributed by atoms with Crippen LogP contribution in [0, 0.1) is 12.8 Å². The Bertz CT molecular complexity index is 504. The third-order valence-corrected chi connectivity index (χ3v) is 5.49. The molecule has 3 heterocycles. The smallest absolute Gasteiger partial charge is 0.237 e. The van der Waals surface area contributed by atoms with Crippen LogP contribution in [-0.2, 0) is 11.3 Å². The molecular formula is C16H27ClN4OS. The van der Waals surface area contributed by atoms with E-state index in [1.165, 1.54) is 17.7 Å². The van der Waals surface area contributed by atoms with Crippen molar-refractivity contribution in [3.63, 3.8) is 0 Å². The van der Waals surface area contributed by atoms with E-state index >= 15 is 0 Å². The summed E-state index contributed by atoms with van der Waals surface area (Å²) in [6, 6.07) is 0.0415. The minimum atomic E-state index is 0. The number of halogens is 1. The van der Waals surface area contributed by atoms with Crippen LogP contribution in [0.15, 0.2) is 6.20 Å². The summed E-state index contributed by atoms with van der Waals surface area (Å²) in [6.07, 6.45) is 6.53. The van der Waals surface area contributed by atoms with Crippen LogP contribution in [-0.4, -0.2) is 48.0 Å². The van der Waals surface area contributed by atoms with E-state index in [-0.39, 0.29) is 24.4 Å². The third kappa shape index (κ3) is 5.41. The molecule has 2 atom stereocenters. The van der Waals surface area contributed by atoms with Crippen LogP contribution < -0.4 is 10.6 Å². The van der Waals surface area contributed by atoms with Crippen molar-refractivity contribution in [2.45, 2.75) is 45.2 Å². The Morgan fingerprint density at radius 3 is 3.04 bits per heavy atom. The molecule has 5 nitrogen and oxygen atoms in total. The number of carbonyl (C=O) groups is 1. The average Bonchev–Trinajstić information content (AvgIpc) is 3.17. The van der Waals surface area contributed by atoms with Crippen molar-refractivity contribution in [1.29, 1.82) is 0 Å². The number of piperidine rings is 1. The summed E-state index contributed by atoms with van der Waals surface area (Å²) in [6.45, 7) is 7.08. The Balaban J connectivity index is 0.00000192. The molecular weight excluding hydrogens is 332 g/mol. The second-order valence-electron chi connectivity index (χ2n) is 6.48. The van der Waals surface area contributed by atoms with Gasteiger partial charge in [-0.3, -0.25) is 9.69 Å².